The molecule has 2 atom stereocenters. The van der Waals surface area contributed by atoms with Gasteiger partial charge in [0, 0.05) is 32.0 Å². The number of hydrogen-bond acceptors (Lipinski definition) is 9. The summed E-state index contributed by atoms with van der Waals surface area (Å²) in [6, 6.07) is -0.403. The molecule has 0 bridgehead atoms. The van der Waals surface area contributed by atoms with Crippen LogP contribution in [0.25, 0.3) is 0 Å². The summed E-state index contributed by atoms with van der Waals surface area (Å²) in [6.45, 7) is 2.06. The number of piperidine rings is 1. The number of nitrogens with two attached hydrogens (primary N) is 1. The molecule has 2 aliphatic rings. The Morgan fingerprint density at radius 3 is 2.71 bits per heavy atom. The fourth-order valence-electron chi connectivity index (χ4n) is 3.26. The van der Waals surface area contributed by atoms with Crippen molar-refractivity contribution in [1.82, 2.24) is 25.7 Å². The molecule has 2 fully saturated rings. The van der Waals surface area contributed by atoms with Crippen LogP contribution in [0.3, 0.4) is 0 Å². The summed E-state index contributed by atoms with van der Waals surface area (Å²) in [6.07, 6.45) is 1.42. The molecule has 5 N–H and O–H groups in total. The maximum Gasteiger partial charge on any atom is 0.233 e. The number of anilines is 1. The van der Waals surface area contributed by atoms with Crippen LogP contribution in [-0.4, -0.2) is 74.5 Å². The lowest BCUT2D eigenvalue weighted by molar-refractivity contribution is -0.132. The Bertz CT molecular complexity index is 753. The Hall–Kier alpha value is -1.92. The number of hydrogen-bond donors (Lipinski definition) is 4. The quantitative estimate of drug-likeness (QED) is 0.418. The van der Waals surface area contributed by atoms with Gasteiger partial charge in [-0.05, 0) is 19.3 Å². The van der Waals surface area contributed by atoms with Crippen molar-refractivity contribution in [2.24, 2.45) is 0 Å². The van der Waals surface area contributed by atoms with Gasteiger partial charge in [0.25, 0.3) is 0 Å². The first kappa shape index (κ1) is 20.8. The first-order chi connectivity index (χ1) is 13.3. The van der Waals surface area contributed by atoms with Gasteiger partial charge in [0.05, 0.1) is 17.9 Å². The molecule has 3 amide bonds. The maximum atomic E-state index is 12.3. The molecule has 1 aliphatic carbocycles. The van der Waals surface area contributed by atoms with Gasteiger partial charge >= 0.3 is 0 Å². The van der Waals surface area contributed by atoms with Crippen molar-refractivity contribution in [1.29, 1.82) is 0 Å². The van der Waals surface area contributed by atoms with E-state index in [1.54, 1.807) is 4.90 Å². The summed E-state index contributed by atoms with van der Waals surface area (Å²) in [4.78, 5) is 37.5. The summed E-state index contributed by atoms with van der Waals surface area (Å²) in [5.74, 6) is -0.256. The van der Waals surface area contributed by atoms with E-state index in [4.69, 9.17) is 5.73 Å². The number of β-amino-alcohol motifs (C(OH)–C–C–N with tert-alkyl or cyclic N) is 1. The summed E-state index contributed by atoms with van der Waals surface area (Å²) in [5.41, 5.74) is 5.09. The van der Waals surface area contributed by atoms with E-state index in [0.717, 1.165) is 12.8 Å². The number of aromatic nitrogens is 2. The number of aliphatic hydroxyl groups is 1. The number of aliphatic hydroxyl groups excluding tert-OH is 1. The maximum absolute atomic E-state index is 12.3. The lowest BCUT2D eigenvalue weighted by Gasteiger charge is -2.36. The minimum atomic E-state index is -0.834. The summed E-state index contributed by atoms with van der Waals surface area (Å²) >= 11 is 2.48. The average molecular weight is 429 g/mol. The number of amides is 3. The van der Waals surface area contributed by atoms with Crippen molar-refractivity contribution in [2.75, 3.05) is 24.6 Å². The zero-order chi connectivity index (χ0) is 20.3. The van der Waals surface area contributed by atoms with Crippen LogP contribution in [-0.2, 0) is 14.4 Å². The van der Waals surface area contributed by atoms with E-state index in [9.17, 15) is 19.5 Å². The normalized spacial score (nSPS) is 23.1. The molecule has 10 nitrogen and oxygen atoms in total. The summed E-state index contributed by atoms with van der Waals surface area (Å²) < 4.78 is 0.627. The zero-order valence-corrected chi connectivity index (χ0v) is 17.1. The number of carbonyl (C=O) groups excluding carboxylic acids is 3. The highest BCUT2D eigenvalue weighted by Gasteiger charge is 2.45. The summed E-state index contributed by atoms with van der Waals surface area (Å²) in [7, 11) is 0. The molecular weight excluding hydrogens is 404 g/mol. The predicted octanol–water partition coefficient (Wildman–Crippen LogP) is -0.651. The predicted molar refractivity (Wildman–Crippen MR) is 105 cm³/mol. The van der Waals surface area contributed by atoms with Crippen molar-refractivity contribution in [2.45, 2.75) is 54.6 Å². The van der Waals surface area contributed by atoms with Gasteiger partial charge < -0.3 is 26.4 Å². The molecule has 154 valence electrons. The van der Waals surface area contributed by atoms with Crippen LogP contribution in [0.15, 0.2) is 4.34 Å². The van der Waals surface area contributed by atoms with Crippen LogP contribution in [0.5, 0.6) is 0 Å². The molecule has 0 aromatic carbocycles. The van der Waals surface area contributed by atoms with E-state index in [-0.39, 0.29) is 36.4 Å². The standard InChI is InChI=1S/C16H24N6O4S2/c1-9(23)19-16(3-4-16)6-12(25)18-10-2-5-22(7-11(10)24)13(26)8-27-15-21-20-14(17)28-15/h10-11,24H,2-8H2,1H3,(H2,17,20)(H,18,25)(H,19,23). The zero-order valence-electron chi connectivity index (χ0n) is 15.5. The lowest BCUT2D eigenvalue weighted by atomic mass is 10.0. The van der Waals surface area contributed by atoms with Gasteiger partial charge in [-0.15, -0.1) is 10.2 Å². The molecular formula is C16H24N6O4S2. The molecule has 3 rings (SSSR count). The Balaban J connectivity index is 1.42. The van der Waals surface area contributed by atoms with E-state index < -0.39 is 17.7 Å². The van der Waals surface area contributed by atoms with Gasteiger partial charge in [0.1, 0.15) is 0 Å². The minimum absolute atomic E-state index is 0.106. The Labute approximate surface area is 170 Å². The number of likely N-dealkylation sites (tertiary alicyclic amines) is 1. The van der Waals surface area contributed by atoms with Crippen LogP contribution >= 0.6 is 23.1 Å². The first-order valence-electron chi connectivity index (χ1n) is 9.02. The number of thioether (sulfide) groups is 1. The van der Waals surface area contributed by atoms with Gasteiger partial charge in [-0.1, -0.05) is 23.1 Å². The molecule has 1 saturated heterocycles. The highest BCUT2D eigenvalue weighted by molar-refractivity contribution is 8.01. The molecule has 12 heteroatoms. The van der Waals surface area contributed by atoms with Gasteiger partial charge in [-0.2, -0.15) is 0 Å². The highest BCUT2D eigenvalue weighted by Crippen LogP contribution is 2.38. The van der Waals surface area contributed by atoms with Crippen LogP contribution in [0.2, 0.25) is 0 Å². The van der Waals surface area contributed by atoms with Crippen LogP contribution in [0.1, 0.15) is 32.6 Å². The number of nitrogens with one attached hydrogen (secondary N) is 2. The number of carbonyl (C=O) groups is 3. The van der Waals surface area contributed by atoms with Gasteiger partial charge in [-0.25, -0.2) is 0 Å². The number of nitrogens with zero attached hydrogens (tertiary/aromatic N) is 3. The van der Waals surface area contributed by atoms with Crippen molar-refractivity contribution >= 4 is 46.0 Å². The molecule has 0 spiro atoms. The number of rotatable bonds is 7. The highest BCUT2D eigenvalue weighted by atomic mass is 32.2. The average Bonchev–Trinajstić information content (AvgIpc) is 3.22. The smallest absolute Gasteiger partial charge is 0.233 e. The monoisotopic (exact) mass is 428 g/mol. The van der Waals surface area contributed by atoms with Crippen LogP contribution in [0.4, 0.5) is 5.13 Å². The summed E-state index contributed by atoms with van der Waals surface area (Å²) in [5, 5.41) is 23.9. The molecule has 28 heavy (non-hydrogen) atoms. The van der Waals surface area contributed by atoms with Crippen molar-refractivity contribution in [3.8, 4) is 0 Å². The van der Waals surface area contributed by atoms with Crippen molar-refractivity contribution in [3.63, 3.8) is 0 Å². The first-order valence-corrected chi connectivity index (χ1v) is 10.8. The van der Waals surface area contributed by atoms with Crippen LogP contribution in [0, 0.1) is 0 Å². The van der Waals surface area contributed by atoms with Gasteiger partial charge in [0.2, 0.25) is 22.9 Å². The fraction of sp³-hybridized carbons (Fsp3) is 0.688. The third-order valence-corrected chi connectivity index (χ3v) is 6.69. The second-order valence-electron chi connectivity index (χ2n) is 7.20. The van der Waals surface area contributed by atoms with Crippen molar-refractivity contribution in [3.05, 3.63) is 0 Å². The van der Waals surface area contributed by atoms with Crippen LogP contribution < -0.4 is 16.4 Å². The van der Waals surface area contributed by atoms with E-state index in [1.165, 1.54) is 30.0 Å². The fourth-order valence-corrected chi connectivity index (χ4v) is 4.79. The van der Waals surface area contributed by atoms with E-state index in [2.05, 4.69) is 20.8 Å². The SMILES string of the molecule is CC(=O)NC1(CC(=O)NC2CCN(C(=O)CSc3nnc(N)s3)CC2O)CC1. The molecule has 1 aromatic heterocycles. The van der Waals surface area contributed by atoms with E-state index in [1.807, 2.05) is 0 Å². The Morgan fingerprint density at radius 1 is 1.39 bits per heavy atom. The second-order valence-corrected chi connectivity index (χ2v) is 9.43. The molecule has 1 aromatic rings. The van der Waals surface area contributed by atoms with Crippen molar-refractivity contribution < 1.29 is 19.5 Å². The van der Waals surface area contributed by atoms with Gasteiger partial charge in [0.15, 0.2) is 4.34 Å². The molecule has 1 aliphatic heterocycles. The number of nitrogen functional groups attached to an aromatic ring is 1. The third-order valence-electron chi connectivity index (χ3n) is 4.82. The second kappa shape index (κ2) is 8.62. The molecule has 0 radical (unpaired) electrons. The van der Waals surface area contributed by atoms with Gasteiger partial charge in [-0.3, -0.25) is 14.4 Å². The Kier molecular flexibility index (Phi) is 6.40. The van der Waals surface area contributed by atoms with E-state index in [0.29, 0.717) is 22.4 Å². The minimum Gasteiger partial charge on any atom is -0.389 e. The van der Waals surface area contributed by atoms with E-state index >= 15 is 0 Å². The molecule has 2 heterocycles. The molecule has 2 unspecified atom stereocenters. The molecule has 1 saturated carbocycles. The topological polar surface area (TPSA) is 151 Å². The largest absolute Gasteiger partial charge is 0.389 e. The Morgan fingerprint density at radius 2 is 2.14 bits per heavy atom. The lowest BCUT2D eigenvalue weighted by Crippen LogP contribution is -2.56. The third kappa shape index (κ3) is 5.55.